The number of hydrogen-bond donors (Lipinski definition) is 3. The first-order chi connectivity index (χ1) is 9.95. The van der Waals surface area contributed by atoms with Crippen LogP contribution in [0.4, 0.5) is 5.13 Å². The molecular weight excluding hydrogens is 290 g/mol. The Morgan fingerprint density at radius 2 is 1.95 bits per heavy atom. The molecule has 0 saturated heterocycles. The molecule has 6 nitrogen and oxygen atoms in total. The van der Waals surface area contributed by atoms with Crippen molar-refractivity contribution in [2.24, 2.45) is 0 Å². The smallest absolute Gasteiger partial charge is 0.263 e. The zero-order chi connectivity index (χ0) is 15.4. The molecule has 0 fully saturated rings. The van der Waals surface area contributed by atoms with Crippen LogP contribution in [0.2, 0.25) is 0 Å². The molecule has 0 saturated carbocycles. The number of thiazole rings is 1. The molecule has 0 aliphatic carbocycles. The Labute approximate surface area is 125 Å². The number of anilines is 1. The summed E-state index contributed by atoms with van der Waals surface area (Å²) >= 11 is 1.14. The van der Waals surface area contributed by atoms with Crippen LogP contribution in [0, 0.1) is 6.92 Å². The van der Waals surface area contributed by atoms with Gasteiger partial charge in [-0.2, -0.15) is 0 Å². The Hall–Kier alpha value is -2.41. The largest absolute Gasteiger partial charge is 0.508 e. The van der Waals surface area contributed by atoms with Gasteiger partial charge in [-0.3, -0.25) is 9.59 Å². The van der Waals surface area contributed by atoms with Gasteiger partial charge in [-0.1, -0.05) is 23.5 Å². The summed E-state index contributed by atoms with van der Waals surface area (Å²) in [5.41, 5.74) is 1.46. The molecule has 3 N–H and O–H groups in total. The third-order valence-corrected chi connectivity index (χ3v) is 3.75. The standard InChI is InChI=1S/C14H15N3O3S/c1-8-12(21-14(16-8)17-9(2)18)13(20)15-7-10-3-5-11(19)6-4-10/h3-6,19H,7H2,1-2H3,(H,15,20)(H,16,17,18). The maximum atomic E-state index is 12.1. The molecule has 0 radical (unpaired) electrons. The highest BCUT2D eigenvalue weighted by Crippen LogP contribution is 2.22. The molecule has 2 rings (SSSR count). The van der Waals surface area contributed by atoms with Crippen LogP contribution in [0.3, 0.4) is 0 Å². The monoisotopic (exact) mass is 305 g/mol. The van der Waals surface area contributed by atoms with Crippen LogP contribution in [-0.2, 0) is 11.3 Å². The highest BCUT2D eigenvalue weighted by Gasteiger charge is 2.15. The van der Waals surface area contributed by atoms with Crippen molar-refractivity contribution in [3.8, 4) is 5.75 Å². The van der Waals surface area contributed by atoms with Gasteiger partial charge in [0.25, 0.3) is 5.91 Å². The van der Waals surface area contributed by atoms with Crippen LogP contribution in [0.1, 0.15) is 27.9 Å². The van der Waals surface area contributed by atoms with Crippen molar-refractivity contribution >= 4 is 28.3 Å². The van der Waals surface area contributed by atoms with Gasteiger partial charge in [0, 0.05) is 13.5 Å². The van der Waals surface area contributed by atoms with Crippen molar-refractivity contribution < 1.29 is 14.7 Å². The van der Waals surface area contributed by atoms with E-state index in [1.807, 2.05) is 0 Å². The summed E-state index contributed by atoms with van der Waals surface area (Å²) in [7, 11) is 0. The Morgan fingerprint density at radius 3 is 2.57 bits per heavy atom. The van der Waals surface area contributed by atoms with Crippen LogP contribution in [0.15, 0.2) is 24.3 Å². The summed E-state index contributed by atoms with van der Waals surface area (Å²) in [5.74, 6) is -0.280. The number of aromatic hydroxyl groups is 1. The van der Waals surface area contributed by atoms with E-state index >= 15 is 0 Å². The lowest BCUT2D eigenvalue weighted by Gasteiger charge is -2.04. The molecule has 1 heterocycles. The number of hydrogen-bond acceptors (Lipinski definition) is 5. The first kappa shape index (κ1) is 15.0. The van der Waals surface area contributed by atoms with Crippen molar-refractivity contribution in [2.45, 2.75) is 20.4 Å². The van der Waals surface area contributed by atoms with Gasteiger partial charge >= 0.3 is 0 Å². The molecule has 21 heavy (non-hydrogen) atoms. The number of phenols is 1. The van der Waals surface area contributed by atoms with Crippen molar-refractivity contribution in [1.82, 2.24) is 10.3 Å². The fraction of sp³-hybridized carbons (Fsp3) is 0.214. The molecular formula is C14H15N3O3S. The Morgan fingerprint density at radius 1 is 1.29 bits per heavy atom. The molecule has 0 aliphatic heterocycles. The number of benzene rings is 1. The third-order valence-electron chi connectivity index (χ3n) is 2.68. The van der Waals surface area contributed by atoms with Gasteiger partial charge in [0.2, 0.25) is 5.91 Å². The SMILES string of the molecule is CC(=O)Nc1nc(C)c(C(=O)NCc2ccc(O)cc2)s1. The van der Waals surface area contributed by atoms with Gasteiger partial charge in [-0.05, 0) is 24.6 Å². The molecule has 1 aromatic carbocycles. The van der Waals surface area contributed by atoms with E-state index in [-0.39, 0.29) is 17.6 Å². The van der Waals surface area contributed by atoms with E-state index < -0.39 is 0 Å². The number of carbonyl (C=O) groups is 2. The highest BCUT2D eigenvalue weighted by molar-refractivity contribution is 7.17. The number of carbonyl (C=O) groups excluding carboxylic acids is 2. The molecule has 2 aromatic rings. The average molecular weight is 305 g/mol. The van der Waals surface area contributed by atoms with Crippen LogP contribution in [0.25, 0.3) is 0 Å². The van der Waals surface area contributed by atoms with E-state index in [1.54, 1.807) is 31.2 Å². The van der Waals surface area contributed by atoms with Gasteiger partial charge in [-0.15, -0.1) is 0 Å². The topological polar surface area (TPSA) is 91.3 Å². The van der Waals surface area contributed by atoms with E-state index in [4.69, 9.17) is 0 Å². The predicted octanol–water partition coefficient (Wildman–Crippen LogP) is 2.05. The molecule has 0 spiro atoms. The zero-order valence-electron chi connectivity index (χ0n) is 11.6. The lowest BCUT2D eigenvalue weighted by atomic mass is 10.2. The molecule has 2 amide bonds. The second kappa shape index (κ2) is 6.36. The molecule has 0 atom stereocenters. The van der Waals surface area contributed by atoms with Gasteiger partial charge in [-0.25, -0.2) is 4.98 Å². The minimum atomic E-state index is -0.241. The number of nitrogens with one attached hydrogen (secondary N) is 2. The number of aryl methyl sites for hydroxylation is 1. The summed E-state index contributed by atoms with van der Waals surface area (Å²) in [6.07, 6.45) is 0. The Bertz CT molecular complexity index is 665. The van der Waals surface area contributed by atoms with E-state index in [1.165, 1.54) is 6.92 Å². The van der Waals surface area contributed by atoms with Crippen LogP contribution >= 0.6 is 11.3 Å². The summed E-state index contributed by atoms with van der Waals surface area (Å²) in [5, 5.41) is 14.9. The van der Waals surface area contributed by atoms with Crippen LogP contribution < -0.4 is 10.6 Å². The molecule has 0 aliphatic rings. The minimum Gasteiger partial charge on any atom is -0.508 e. The third kappa shape index (κ3) is 4.03. The van der Waals surface area contributed by atoms with Crippen molar-refractivity contribution in [3.63, 3.8) is 0 Å². The first-order valence-corrected chi connectivity index (χ1v) is 7.08. The lowest BCUT2D eigenvalue weighted by Crippen LogP contribution is -2.22. The Balaban J connectivity index is 2.01. The molecule has 0 unspecified atom stereocenters. The zero-order valence-corrected chi connectivity index (χ0v) is 12.5. The normalized spacial score (nSPS) is 10.2. The van der Waals surface area contributed by atoms with Crippen molar-refractivity contribution in [2.75, 3.05) is 5.32 Å². The second-order valence-corrected chi connectivity index (χ2v) is 5.46. The fourth-order valence-corrected chi connectivity index (χ4v) is 2.62. The minimum absolute atomic E-state index is 0.184. The molecule has 110 valence electrons. The number of rotatable bonds is 4. The van der Waals surface area contributed by atoms with E-state index in [9.17, 15) is 14.7 Å². The van der Waals surface area contributed by atoms with E-state index in [2.05, 4.69) is 15.6 Å². The predicted molar refractivity (Wildman–Crippen MR) is 80.4 cm³/mol. The van der Waals surface area contributed by atoms with E-state index in [0.29, 0.717) is 22.2 Å². The van der Waals surface area contributed by atoms with Gasteiger partial charge in [0.1, 0.15) is 10.6 Å². The molecule has 7 heteroatoms. The van der Waals surface area contributed by atoms with Gasteiger partial charge in [0.15, 0.2) is 5.13 Å². The maximum Gasteiger partial charge on any atom is 0.263 e. The molecule has 0 bridgehead atoms. The van der Waals surface area contributed by atoms with E-state index in [0.717, 1.165) is 16.9 Å². The summed E-state index contributed by atoms with van der Waals surface area (Å²) in [6, 6.07) is 6.60. The summed E-state index contributed by atoms with van der Waals surface area (Å²) in [6.45, 7) is 3.46. The highest BCUT2D eigenvalue weighted by atomic mass is 32.1. The van der Waals surface area contributed by atoms with Gasteiger partial charge in [0.05, 0.1) is 5.69 Å². The van der Waals surface area contributed by atoms with Crippen LogP contribution in [0.5, 0.6) is 5.75 Å². The van der Waals surface area contributed by atoms with Gasteiger partial charge < -0.3 is 15.7 Å². The fourth-order valence-electron chi connectivity index (χ4n) is 1.69. The summed E-state index contributed by atoms with van der Waals surface area (Å²) < 4.78 is 0. The number of amides is 2. The lowest BCUT2D eigenvalue weighted by molar-refractivity contribution is -0.114. The number of nitrogens with zero attached hydrogens (tertiary/aromatic N) is 1. The van der Waals surface area contributed by atoms with Crippen molar-refractivity contribution in [1.29, 1.82) is 0 Å². The maximum absolute atomic E-state index is 12.1. The number of phenolic OH excluding ortho intramolecular Hbond substituents is 1. The second-order valence-electron chi connectivity index (χ2n) is 4.46. The molecule has 1 aromatic heterocycles. The summed E-state index contributed by atoms with van der Waals surface area (Å²) in [4.78, 5) is 27.7. The van der Waals surface area contributed by atoms with Crippen molar-refractivity contribution in [3.05, 3.63) is 40.4 Å². The number of aromatic nitrogens is 1. The average Bonchev–Trinajstić information content (AvgIpc) is 2.77. The van der Waals surface area contributed by atoms with Crippen LogP contribution in [-0.4, -0.2) is 21.9 Å². The quantitative estimate of drug-likeness (QED) is 0.806. The first-order valence-electron chi connectivity index (χ1n) is 6.27. The Kier molecular flexibility index (Phi) is 4.54.